The van der Waals surface area contributed by atoms with Crippen LogP contribution in [0.4, 0.5) is 4.39 Å². The summed E-state index contributed by atoms with van der Waals surface area (Å²) in [6.07, 6.45) is 2.64. The number of thioether (sulfide) groups is 1. The van der Waals surface area contributed by atoms with Crippen molar-refractivity contribution in [3.63, 3.8) is 0 Å². The number of methoxy groups -OCH3 is 2. The minimum Gasteiger partial charge on any atom is -0.493 e. The largest absolute Gasteiger partial charge is 0.493 e. The Morgan fingerprint density at radius 1 is 1.37 bits per heavy atom. The van der Waals surface area contributed by atoms with Crippen molar-refractivity contribution in [1.29, 1.82) is 0 Å². The van der Waals surface area contributed by atoms with E-state index in [0.717, 1.165) is 0 Å². The first kappa shape index (κ1) is 15.6. The van der Waals surface area contributed by atoms with Crippen LogP contribution in [0.25, 0.3) is 0 Å². The quantitative estimate of drug-likeness (QED) is 0.782. The van der Waals surface area contributed by atoms with Gasteiger partial charge in [0.05, 0.1) is 19.1 Å². The van der Waals surface area contributed by atoms with E-state index in [1.807, 2.05) is 0 Å². The van der Waals surface area contributed by atoms with Crippen LogP contribution in [0.5, 0.6) is 11.5 Å². The molecule has 0 heterocycles. The summed E-state index contributed by atoms with van der Waals surface area (Å²) in [7, 11) is 2.94. The smallest absolute Gasteiger partial charge is 0.303 e. The predicted octanol–water partition coefficient (Wildman–Crippen LogP) is 2.97. The van der Waals surface area contributed by atoms with E-state index in [-0.39, 0.29) is 12.2 Å². The Hall–Kier alpha value is -1.43. The molecule has 0 aliphatic rings. The molecule has 0 amide bonds. The number of ether oxygens (including phenoxy) is 2. The summed E-state index contributed by atoms with van der Waals surface area (Å²) in [5.74, 6) is -0.415. The van der Waals surface area contributed by atoms with E-state index in [1.165, 1.54) is 32.0 Å². The molecule has 0 unspecified atom stereocenters. The van der Waals surface area contributed by atoms with Crippen molar-refractivity contribution in [2.24, 2.45) is 0 Å². The van der Waals surface area contributed by atoms with Gasteiger partial charge in [-0.05, 0) is 25.2 Å². The Labute approximate surface area is 115 Å². The van der Waals surface area contributed by atoms with Crippen molar-refractivity contribution < 1.29 is 23.8 Å². The van der Waals surface area contributed by atoms with E-state index in [1.54, 1.807) is 6.26 Å². The summed E-state index contributed by atoms with van der Waals surface area (Å²) in [4.78, 5) is 10.9. The molecule has 0 radical (unpaired) electrons. The van der Waals surface area contributed by atoms with Gasteiger partial charge in [0, 0.05) is 12.0 Å². The lowest BCUT2D eigenvalue weighted by Crippen LogP contribution is -2.02. The number of benzene rings is 1. The molecule has 6 heteroatoms. The molecule has 0 aromatic heterocycles. The third-order valence-electron chi connectivity index (χ3n) is 2.67. The number of carboxylic acid groups (broad SMARTS) is 1. The first-order valence-electron chi connectivity index (χ1n) is 5.74. The van der Waals surface area contributed by atoms with Gasteiger partial charge in [-0.1, -0.05) is 0 Å². The summed E-state index contributed by atoms with van der Waals surface area (Å²) in [5.41, 5.74) is 0.621. The normalized spacial score (nSPS) is 10.3. The van der Waals surface area contributed by atoms with Crippen molar-refractivity contribution in [3.05, 3.63) is 17.4 Å². The maximum Gasteiger partial charge on any atom is 0.303 e. The molecule has 4 nitrogen and oxygen atoms in total. The molecule has 1 aromatic carbocycles. The van der Waals surface area contributed by atoms with Gasteiger partial charge in [0.2, 0.25) is 0 Å². The molecule has 0 aliphatic heterocycles. The Bertz CT molecular complexity index is 462. The Morgan fingerprint density at radius 3 is 2.47 bits per heavy atom. The zero-order valence-electron chi connectivity index (χ0n) is 11.2. The van der Waals surface area contributed by atoms with Crippen LogP contribution < -0.4 is 9.47 Å². The molecule has 0 saturated carbocycles. The van der Waals surface area contributed by atoms with E-state index in [4.69, 9.17) is 14.6 Å². The third-order valence-corrected chi connectivity index (χ3v) is 3.46. The van der Waals surface area contributed by atoms with Crippen LogP contribution in [0, 0.1) is 5.82 Å². The van der Waals surface area contributed by atoms with E-state index in [0.29, 0.717) is 34.8 Å². The van der Waals surface area contributed by atoms with Crippen molar-refractivity contribution in [3.8, 4) is 11.5 Å². The van der Waals surface area contributed by atoms with Crippen LogP contribution in [-0.4, -0.2) is 31.6 Å². The van der Waals surface area contributed by atoms with Crippen LogP contribution in [0.3, 0.4) is 0 Å². The number of hydrogen-bond donors (Lipinski definition) is 1. The van der Waals surface area contributed by atoms with Gasteiger partial charge in [-0.15, -0.1) is 11.8 Å². The molecule has 1 N–H and O–H groups in total. The van der Waals surface area contributed by atoms with Crippen LogP contribution in [0.2, 0.25) is 0 Å². The van der Waals surface area contributed by atoms with Crippen LogP contribution in [0.15, 0.2) is 11.0 Å². The number of carbonyl (C=O) groups is 1. The lowest BCUT2D eigenvalue weighted by Gasteiger charge is -2.16. The van der Waals surface area contributed by atoms with Gasteiger partial charge in [0.15, 0.2) is 11.5 Å². The van der Waals surface area contributed by atoms with Gasteiger partial charge in [-0.25, -0.2) is 4.39 Å². The van der Waals surface area contributed by atoms with Gasteiger partial charge in [0.1, 0.15) is 5.82 Å². The molecule has 0 fully saturated rings. The molecule has 0 bridgehead atoms. The highest BCUT2D eigenvalue weighted by atomic mass is 32.2. The van der Waals surface area contributed by atoms with Crippen molar-refractivity contribution in [2.45, 2.75) is 24.2 Å². The third kappa shape index (κ3) is 3.76. The fraction of sp³-hybridized carbons (Fsp3) is 0.462. The maximum absolute atomic E-state index is 13.9. The number of carboxylic acids is 1. The Kier molecular flexibility index (Phi) is 5.95. The second-order valence-electron chi connectivity index (χ2n) is 3.86. The lowest BCUT2D eigenvalue weighted by molar-refractivity contribution is -0.137. The number of aliphatic carboxylic acids is 1. The first-order chi connectivity index (χ1) is 9.04. The van der Waals surface area contributed by atoms with Crippen molar-refractivity contribution in [2.75, 3.05) is 20.5 Å². The van der Waals surface area contributed by atoms with Gasteiger partial charge in [-0.3, -0.25) is 4.79 Å². The Balaban J connectivity index is 3.09. The number of rotatable bonds is 7. The minimum absolute atomic E-state index is 0.0391. The highest BCUT2D eigenvalue weighted by Gasteiger charge is 2.19. The fourth-order valence-electron chi connectivity index (χ4n) is 1.86. The summed E-state index contributed by atoms with van der Waals surface area (Å²) in [6.45, 7) is 0. The summed E-state index contributed by atoms with van der Waals surface area (Å²) in [5, 5.41) is 8.62. The molecule has 106 valence electrons. The van der Waals surface area contributed by atoms with Crippen molar-refractivity contribution >= 4 is 17.7 Å². The number of hydrogen-bond acceptors (Lipinski definition) is 4. The molecular weight excluding hydrogens is 271 g/mol. The molecular formula is C13H17FO4S. The van der Waals surface area contributed by atoms with Gasteiger partial charge in [-0.2, -0.15) is 0 Å². The first-order valence-corrected chi connectivity index (χ1v) is 6.96. The molecule has 0 saturated heterocycles. The fourth-order valence-corrected chi connectivity index (χ4v) is 2.47. The summed E-state index contributed by atoms with van der Waals surface area (Å²) >= 11 is 1.24. The molecule has 0 aliphatic carbocycles. The van der Waals surface area contributed by atoms with Crippen LogP contribution >= 0.6 is 11.8 Å². The van der Waals surface area contributed by atoms with Gasteiger partial charge >= 0.3 is 5.97 Å². The number of aryl methyl sites for hydroxylation is 1. The predicted molar refractivity (Wildman–Crippen MR) is 71.9 cm³/mol. The van der Waals surface area contributed by atoms with Gasteiger partial charge < -0.3 is 14.6 Å². The molecule has 1 aromatic rings. The molecule has 1 rings (SSSR count). The maximum atomic E-state index is 13.9. The highest BCUT2D eigenvalue weighted by molar-refractivity contribution is 7.98. The topological polar surface area (TPSA) is 55.8 Å². The second kappa shape index (κ2) is 7.23. The lowest BCUT2D eigenvalue weighted by atomic mass is 10.1. The van der Waals surface area contributed by atoms with Gasteiger partial charge in [0.25, 0.3) is 0 Å². The number of halogens is 1. The van der Waals surface area contributed by atoms with E-state index in [9.17, 15) is 9.18 Å². The summed E-state index contributed by atoms with van der Waals surface area (Å²) in [6, 6.07) is 1.38. The standard InChI is InChI=1S/C13H17FO4S/c1-17-11-8(5-4-6-10(15)16)7-9(14)13(19-3)12(11)18-2/h7H,4-6H2,1-3H3,(H,15,16). The highest BCUT2D eigenvalue weighted by Crippen LogP contribution is 2.41. The minimum atomic E-state index is -0.868. The monoisotopic (exact) mass is 288 g/mol. The second-order valence-corrected chi connectivity index (χ2v) is 4.68. The Morgan fingerprint density at radius 2 is 2.00 bits per heavy atom. The average molecular weight is 288 g/mol. The molecule has 0 spiro atoms. The SMILES string of the molecule is COc1c(CCCC(=O)O)cc(F)c(SC)c1OC. The van der Waals surface area contributed by atoms with E-state index >= 15 is 0 Å². The zero-order valence-corrected chi connectivity index (χ0v) is 12.0. The zero-order chi connectivity index (χ0) is 14.4. The van der Waals surface area contributed by atoms with E-state index < -0.39 is 5.97 Å². The average Bonchev–Trinajstić information content (AvgIpc) is 2.37. The molecule has 19 heavy (non-hydrogen) atoms. The van der Waals surface area contributed by atoms with Crippen molar-refractivity contribution in [1.82, 2.24) is 0 Å². The van der Waals surface area contributed by atoms with E-state index in [2.05, 4.69) is 0 Å². The van der Waals surface area contributed by atoms with Crippen LogP contribution in [0.1, 0.15) is 18.4 Å². The molecule has 0 atom stereocenters. The van der Waals surface area contributed by atoms with Crippen LogP contribution in [-0.2, 0) is 11.2 Å². The summed E-state index contributed by atoms with van der Waals surface area (Å²) < 4.78 is 24.4.